The second-order valence-corrected chi connectivity index (χ2v) is 8.83. The molecular weight excluding hydrogens is 452 g/mol. The summed E-state index contributed by atoms with van der Waals surface area (Å²) >= 11 is 6.24. The van der Waals surface area contributed by atoms with Crippen LogP contribution in [0.25, 0.3) is 17.1 Å². The molecule has 1 aliphatic heterocycles. The van der Waals surface area contributed by atoms with Gasteiger partial charge in [0.05, 0.1) is 23.8 Å². The van der Waals surface area contributed by atoms with Crippen LogP contribution in [0.15, 0.2) is 71.8 Å². The van der Waals surface area contributed by atoms with Gasteiger partial charge in [-0.2, -0.15) is 4.98 Å². The highest BCUT2D eigenvalue weighted by Gasteiger charge is 2.27. The van der Waals surface area contributed by atoms with E-state index in [-0.39, 0.29) is 11.8 Å². The van der Waals surface area contributed by atoms with Crippen molar-refractivity contribution in [3.8, 4) is 17.1 Å². The van der Waals surface area contributed by atoms with Crippen molar-refractivity contribution in [1.82, 2.24) is 29.9 Å². The van der Waals surface area contributed by atoms with Gasteiger partial charge in [0.15, 0.2) is 0 Å². The minimum Gasteiger partial charge on any atom is -0.352 e. The van der Waals surface area contributed by atoms with Crippen LogP contribution in [-0.2, 0) is 17.9 Å². The van der Waals surface area contributed by atoms with Crippen LogP contribution in [-0.4, -0.2) is 43.6 Å². The number of amides is 1. The topological polar surface area (TPSA) is 89.1 Å². The molecule has 4 aromatic rings. The number of nitrogens with one attached hydrogen (secondary N) is 1. The molecule has 3 heterocycles. The molecule has 0 aliphatic carbocycles. The first kappa shape index (κ1) is 22.3. The average molecular weight is 477 g/mol. The molecule has 1 unspecified atom stereocenters. The summed E-state index contributed by atoms with van der Waals surface area (Å²) in [6.45, 7) is 2.57. The lowest BCUT2D eigenvalue weighted by Crippen LogP contribution is -2.42. The molecule has 1 amide bonds. The molecule has 34 heavy (non-hydrogen) atoms. The SMILES string of the molecule is O=C(NCc1ccc(-n2ccnc2)cc1)C1CCCN(Cc2nc(-c3ccccc3Cl)no2)C1. The van der Waals surface area contributed by atoms with Crippen LogP contribution >= 0.6 is 11.6 Å². The van der Waals surface area contributed by atoms with Crippen molar-refractivity contribution in [3.63, 3.8) is 0 Å². The lowest BCUT2D eigenvalue weighted by molar-refractivity contribution is -0.127. The molecular formula is C25H25ClN6O2. The number of rotatable bonds is 7. The first-order chi connectivity index (χ1) is 16.7. The quantitative estimate of drug-likeness (QED) is 0.432. The van der Waals surface area contributed by atoms with Crippen molar-refractivity contribution in [2.45, 2.75) is 25.9 Å². The average Bonchev–Trinajstić information content (AvgIpc) is 3.56. The van der Waals surface area contributed by atoms with Gasteiger partial charge in [-0.3, -0.25) is 9.69 Å². The summed E-state index contributed by atoms with van der Waals surface area (Å²) in [5.41, 5.74) is 2.84. The standard InChI is InChI=1S/C25H25ClN6O2/c26-22-6-2-1-5-21(22)24-29-23(34-30-24)16-31-12-3-4-19(15-31)25(33)28-14-18-7-9-20(10-8-18)32-13-11-27-17-32/h1-2,5-11,13,17,19H,3-4,12,14-16H2,(H,28,33). The molecule has 0 bridgehead atoms. The van der Waals surface area contributed by atoms with Crippen LogP contribution in [0.4, 0.5) is 0 Å². The molecule has 9 heteroatoms. The Morgan fingerprint density at radius 1 is 1.18 bits per heavy atom. The first-order valence-corrected chi connectivity index (χ1v) is 11.7. The number of aromatic nitrogens is 4. The van der Waals surface area contributed by atoms with E-state index in [1.54, 1.807) is 18.6 Å². The largest absolute Gasteiger partial charge is 0.352 e. The third-order valence-electron chi connectivity index (χ3n) is 6.02. The van der Waals surface area contributed by atoms with Crippen molar-refractivity contribution in [3.05, 3.63) is 83.7 Å². The van der Waals surface area contributed by atoms with E-state index < -0.39 is 0 Å². The normalized spacial score (nSPS) is 16.4. The zero-order chi connectivity index (χ0) is 23.3. The third-order valence-corrected chi connectivity index (χ3v) is 6.35. The van der Waals surface area contributed by atoms with E-state index in [2.05, 4.69) is 25.3 Å². The van der Waals surface area contributed by atoms with Crippen LogP contribution in [0.1, 0.15) is 24.3 Å². The molecule has 5 rings (SSSR count). The van der Waals surface area contributed by atoms with Gasteiger partial charge < -0.3 is 14.4 Å². The molecule has 2 aromatic heterocycles. The van der Waals surface area contributed by atoms with Crippen molar-refractivity contribution in [2.24, 2.45) is 5.92 Å². The van der Waals surface area contributed by atoms with Gasteiger partial charge in [-0.15, -0.1) is 0 Å². The second kappa shape index (κ2) is 10.2. The Bertz CT molecular complexity index is 1240. The molecule has 0 saturated carbocycles. The molecule has 174 valence electrons. The van der Waals surface area contributed by atoms with Crippen LogP contribution in [0, 0.1) is 5.92 Å². The third kappa shape index (κ3) is 5.18. The number of nitrogens with zero attached hydrogens (tertiary/aromatic N) is 5. The Morgan fingerprint density at radius 3 is 2.82 bits per heavy atom. The van der Waals surface area contributed by atoms with E-state index in [1.807, 2.05) is 53.2 Å². The molecule has 1 N–H and O–H groups in total. The smallest absolute Gasteiger partial charge is 0.241 e. The fourth-order valence-corrected chi connectivity index (χ4v) is 4.43. The van der Waals surface area contributed by atoms with Crippen molar-refractivity contribution < 1.29 is 9.32 Å². The van der Waals surface area contributed by atoms with E-state index in [4.69, 9.17) is 16.1 Å². The van der Waals surface area contributed by atoms with Gasteiger partial charge >= 0.3 is 0 Å². The van der Waals surface area contributed by atoms with Crippen LogP contribution in [0.3, 0.4) is 0 Å². The van der Waals surface area contributed by atoms with Gasteiger partial charge in [0.2, 0.25) is 17.6 Å². The predicted octanol–water partition coefficient (Wildman–Crippen LogP) is 4.10. The van der Waals surface area contributed by atoms with E-state index in [0.717, 1.165) is 36.2 Å². The zero-order valence-corrected chi connectivity index (χ0v) is 19.4. The first-order valence-electron chi connectivity index (χ1n) is 11.3. The van der Waals surface area contributed by atoms with Crippen LogP contribution < -0.4 is 5.32 Å². The number of hydrogen-bond donors (Lipinski definition) is 1. The fraction of sp³-hybridized carbons (Fsp3) is 0.280. The summed E-state index contributed by atoms with van der Waals surface area (Å²) in [5, 5.41) is 7.74. The summed E-state index contributed by atoms with van der Waals surface area (Å²) in [4.78, 5) is 23.6. The lowest BCUT2D eigenvalue weighted by atomic mass is 9.97. The van der Waals surface area contributed by atoms with Gasteiger partial charge in [-0.1, -0.05) is 41.0 Å². The number of likely N-dealkylation sites (tertiary alicyclic amines) is 1. The van der Waals surface area contributed by atoms with E-state index >= 15 is 0 Å². The summed E-state index contributed by atoms with van der Waals surface area (Å²) in [6.07, 6.45) is 7.23. The van der Waals surface area contributed by atoms with Crippen molar-refractivity contribution in [1.29, 1.82) is 0 Å². The van der Waals surface area contributed by atoms with Gasteiger partial charge in [0, 0.05) is 36.7 Å². The summed E-state index contributed by atoms with van der Waals surface area (Å²) in [5.74, 6) is 1.01. The highest BCUT2D eigenvalue weighted by atomic mass is 35.5. The predicted molar refractivity (Wildman–Crippen MR) is 128 cm³/mol. The number of benzene rings is 2. The number of carbonyl (C=O) groups is 1. The summed E-state index contributed by atoms with van der Waals surface area (Å²) in [6, 6.07) is 15.5. The maximum Gasteiger partial charge on any atom is 0.241 e. The minimum absolute atomic E-state index is 0.0649. The number of carbonyl (C=O) groups excluding carboxylic acids is 1. The van der Waals surface area contributed by atoms with E-state index in [0.29, 0.717) is 36.4 Å². The fourth-order valence-electron chi connectivity index (χ4n) is 4.21. The number of halogens is 1. The maximum atomic E-state index is 12.8. The Balaban J connectivity index is 1.14. The van der Waals surface area contributed by atoms with Crippen molar-refractivity contribution in [2.75, 3.05) is 13.1 Å². The Hall–Kier alpha value is -3.49. The zero-order valence-electron chi connectivity index (χ0n) is 18.6. The molecule has 0 radical (unpaired) electrons. The van der Waals surface area contributed by atoms with Gasteiger partial charge in [-0.25, -0.2) is 4.98 Å². The Kier molecular flexibility index (Phi) is 6.69. The monoisotopic (exact) mass is 476 g/mol. The van der Waals surface area contributed by atoms with Gasteiger partial charge in [0.25, 0.3) is 0 Å². The molecule has 2 aromatic carbocycles. The van der Waals surface area contributed by atoms with Gasteiger partial charge in [0.1, 0.15) is 0 Å². The summed E-state index contributed by atoms with van der Waals surface area (Å²) in [7, 11) is 0. The van der Waals surface area contributed by atoms with Crippen LogP contribution in [0.5, 0.6) is 0 Å². The molecule has 8 nitrogen and oxygen atoms in total. The van der Waals surface area contributed by atoms with E-state index in [1.165, 1.54) is 0 Å². The number of hydrogen-bond acceptors (Lipinski definition) is 6. The molecule has 1 atom stereocenters. The van der Waals surface area contributed by atoms with E-state index in [9.17, 15) is 4.79 Å². The summed E-state index contributed by atoms with van der Waals surface area (Å²) < 4.78 is 7.39. The number of imidazole rings is 1. The van der Waals surface area contributed by atoms with Crippen LogP contribution in [0.2, 0.25) is 5.02 Å². The maximum absolute atomic E-state index is 12.8. The highest BCUT2D eigenvalue weighted by molar-refractivity contribution is 6.33. The lowest BCUT2D eigenvalue weighted by Gasteiger charge is -2.30. The molecule has 1 fully saturated rings. The van der Waals surface area contributed by atoms with Gasteiger partial charge in [-0.05, 0) is 49.2 Å². The van der Waals surface area contributed by atoms with Crippen molar-refractivity contribution >= 4 is 17.5 Å². The minimum atomic E-state index is -0.0649. The number of piperidine rings is 1. The Labute approximate surface area is 202 Å². The molecule has 1 aliphatic rings. The Morgan fingerprint density at radius 2 is 2.03 bits per heavy atom. The molecule has 1 saturated heterocycles. The molecule has 0 spiro atoms. The highest BCUT2D eigenvalue weighted by Crippen LogP contribution is 2.25. The second-order valence-electron chi connectivity index (χ2n) is 8.42.